The summed E-state index contributed by atoms with van der Waals surface area (Å²) in [7, 11) is 0. The first kappa shape index (κ1) is 13.3. The van der Waals surface area contributed by atoms with E-state index in [1.807, 2.05) is 6.92 Å². The van der Waals surface area contributed by atoms with E-state index in [9.17, 15) is 4.79 Å². The third-order valence-corrected chi connectivity index (χ3v) is 3.77. The lowest BCUT2D eigenvalue weighted by Crippen LogP contribution is -2.49. The molecule has 0 aliphatic carbocycles. The van der Waals surface area contributed by atoms with Crippen LogP contribution in [0.25, 0.3) is 0 Å². The molecule has 1 atom stereocenters. The third kappa shape index (κ3) is 2.65. The zero-order valence-electron chi connectivity index (χ0n) is 9.96. The van der Waals surface area contributed by atoms with Crippen molar-refractivity contribution in [2.75, 3.05) is 19.7 Å². The van der Waals surface area contributed by atoms with Gasteiger partial charge in [0.05, 0.1) is 18.8 Å². The van der Waals surface area contributed by atoms with Crippen LogP contribution in [0.3, 0.4) is 0 Å². The van der Waals surface area contributed by atoms with Gasteiger partial charge in [-0.25, -0.2) is 0 Å². The van der Waals surface area contributed by atoms with Gasteiger partial charge in [-0.05, 0) is 18.0 Å². The van der Waals surface area contributed by atoms with Crippen LogP contribution in [0.2, 0.25) is 0 Å². The number of rotatable bonds is 3. The van der Waals surface area contributed by atoms with Crippen LogP contribution in [0.4, 0.5) is 0 Å². The minimum absolute atomic E-state index is 0.0635. The highest BCUT2D eigenvalue weighted by Gasteiger charge is 2.28. The molecule has 2 N–H and O–H groups in total. The quantitative estimate of drug-likeness (QED) is 0.801. The van der Waals surface area contributed by atoms with Crippen LogP contribution in [-0.4, -0.2) is 51.2 Å². The van der Waals surface area contributed by atoms with Gasteiger partial charge in [-0.2, -0.15) is 0 Å². The zero-order valence-corrected chi connectivity index (χ0v) is 11.6. The number of carbonyl (C=O) groups is 1. The summed E-state index contributed by atoms with van der Waals surface area (Å²) in [5.74, 6) is -0.0635. The first-order valence-corrected chi connectivity index (χ1v) is 6.83. The van der Waals surface area contributed by atoms with E-state index in [1.54, 1.807) is 4.90 Å². The Morgan fingerprint density at radius 3 is 3.17 bits per heavy atom. The molecule has 1 aromatic rings. The largest absolute Gasteiger partial charge is 0.391 e. The van der Waals surface area contributed by atoms with Gasteiger partial charge in [0.1, 0.15) is 16.0 Å². The second-order valence-corrected chi connectivity index (χ2v) is 5.14. The summed E-state index contributed by atoms with van der Waals surface area (Å²) in [5, 5.41) is 3.94. The van der Waals surface area contributed by atoms with Crippen LogP contribution in [0.5, 0.6) is 0 Å². The van der Waals surface area contributed by atoms with Gasteiger partial charge < -0.3 is 15.4 Å². The van der Waals surface area contributed by atoms with Crippen molar-refractivity contribution in [3.05, 3.63) is 10.6 Å². The molecule has 0 saturated carbocycles. The SMILES string of the molecule is CCc1nnsc1C(=O)N1CCOC(C(N)=S)C1. The molecule has 0 aromatic carbocycles. The predicted octanol–water partition coefficient (Wildman–Crippen LogP) is 0.228. The molecule has 8 heteroatoms. The van der Waals surface area contributed by atoms with E-state index in [4.69, 9.17) is 22.7 Å². The van der Waals surface area contributed by atoms with Gasteiger partial charge in [0, 0.05) is 6.54 Å². The standard InChI is InChI=1S/C10H14N4O2S2/c1-2-6-8(18-13-12-6)10(15)14-3-4-16-7(5-14)9(11)17/h7H,2-5H2,1H3,(H2,11,17). The van der Waals surface area contributed by atoms with E-state index in [-0.39, 0.29) is 17.0 Å². The molecule has 98 valence electrons. The Hall–Kier alpha value is -1.12. The van der Waals surface area contributed by atoms with Gasteiger partial charge in [0.15, 0.2) is 0 Å². The monoisotopic (exact) mass is 286 g/mol. The molecule has 1 aliphatic heterocycles. The summed E-state index contributed by atoms with van der Waals surface area (Å²) in [6.45, 7) is 3.33. The fourth-order valence-electron chi connectivity index (χ4n) is 1.75. The molecule has 1 aliphatic rings. The summed E-state index contributed by atoms with van der Waals surface area (Å²) in [6.07, 6.45) is 0.337. The van der Waals surface area contributed by atoms with Gasteiger partial charge in [0.2, 0.25) is 0 Å². The number of thiocarbonyl (C=S) groups is 1. The fraction of sp³-hybridized carbons (Fsp3) is 0.600. The van der Waals surface area contributed by atoms with E-state index in [1.165, 1.54) is 0 Å². The number of carbonyl (C=O) groups excluding carboxylic acids is 1. The molecule has 0 radical (unpaired) electrons. The van der Waals surface area contributed by atoms with E-state index in [2.05, 4.69) is 9.59 Å². The van der Waals surface area contributed by atoms with Crippen molar-refractivity contribution in [3.8, 4) is 0 Å². The van der Waals surface area contributed by atoms with Crippen LogP contribution < -0.4 is 5.73 Å². The molecule has 2 rings (SSSR count). The van der Waals surface area contributed by atoms with Crippen LogP contribution in [0.1, 0.15) is 22.3 Å². The number of aromatic nitrogens is 2. The molecular weight excluding hydrogens is 272 g/mol. The average Bonchev–Trinajstić information content (AvgIpc) is 2.86. The molecule has 1 aromatic heterocycles. The summed E-state index contributed by atoms with van der Waals surface area (Å²) in [4.78, 5) is 14.9. The Morgan fingerprint density at radius 2 is 2.50 bits per heavy atom. The second kappa shape index (κ2) is 5.68. The number of aryl methyl sites for hydroxylation is 1. The Labute approximate surface area is 114 Å². The highest BCUT2D eigenvalue weighted by molar-refractivity contribution is 7.80. The number of hydrogen-bond donors (Lipinski definition) is 1. The molecule has 0 spiro atoms. The summed E-state index contributed by atoms with van der Waals surface area (Å²) < 4.78 is 9.23. The van der Waals surface area contributed by atoms with Crippen LogP contribution in [0, 0.1) is 0 Å². The van der Waals surface area contributed by atoms with Crippen molar-refractivity contribution >= 4 is 34.6 Å². The number of nitrogens with zero attached hydrogens (tertiary/aromatic N) is 3. The van der Waals surface area contributed by atoms with Crippen molar-refractivity contribution in [3.63, 3.8) is 0 Å². The van der Waals surface area contributed by atoms with E-state index >= 15 is 0 Å². The van der Waals surface area contributed by atoms with E-state index in [0.717, 1.165) is 17.2 Å². The number of hydrogen-bond acceptors (Lipinski definition) is 6. The molecule has 1 unspecified atom stereocenters. The average molecular weight is 286 g/mol. The molecule has 2 heterocycles. The van der Waals surface area contributed by atoms with Gasteiger partial charge in [-0.15, -0.1) is 5.10 Å². The predicted molar refractivity (Wildman–Crippen MR) is 71.7 cm³/mol. The fourth-order valence-corrected chi connectivity index (χ4v) is 2.61. The molecule has 6 nitrogen and oxygen atoms in total. The maximum atomic E-state index is 12.3. The lowest BCUT2D eigenvalue weighted by atomic mass is 10.2. The first-order chi connectivity index (χ1) is 8.63. The number of amides is 1. The zero-order chi connectivity index (χ0) is 13.1. The Kier molecular flexibility index (Phi) is 4.20. The van der Waals surface area contributed by atoms with E-state index < -0.39 is 0 Å². The van der Waals surface area contributed by atoms with Gasteiger partial charge in [-0.3, -0.25) is 4.79 Å². The molecule has 1 fully saturated rings. The van der Waals surface area contributed by atoms with Crippen LogP contribution >= 0.6 is 23.8 Å². The minimum atomic E-state index is -0.358. The van der Waals surface area contributed by atoms with Gasteiger partial charge in [-0.1, -0.05) is 23.6 Å². The van der Waals surface area contributed by atoms with Gasteiger partial charge in [0.25, 0.3) is 5.91 Å². The normalized spacial score (nSPS) is 19.8. The lowest BCUT2D eigenvalue weighted by molar-refractivity contribution is 0.00897. The maximum Gasteiger partial charge on any atom is 0.267 e. The van der Waals surface area contributed by atoms with Crippen molar-refractivity contribution in [2.45, 2.75) is 19.4 Å². The Balaban J connectivity index is 2.11. The molecule has 1 saturated heterocycles. The summed E-state index contributed by atoms with van der Waals surface area (Å²) >= 11 is 6.02. The molecule has 18 heavy (non-hydrogen) atoms. The first-order valence-electron chi connectivity index (χ1n) is 5.65. The van der Waals surface area contributed by atoms with Crippen molar-refractivity contribution in [1.82, 2.24) is 14.5 Å². The topological polar surface area (TPSA) is 81.3 Å². The number of morpholine rings is 1. The van der Waals surface area contributed by atoms with E-state index in [0.29, 0.717) is 31.0 Å². The van der Waals surface area contributed by atoms with Crippen molar-refractivity contribution in [2.24, 2.45) is 5.73 Å². The third-order valence-electron chi connectivity index (χ3n) is 2.76. The molecule has 1 amide bonds. The number of ether oxygens (including phenoxy) is 1. The van der Waals surface area contributed by atoms with Crippen LogP contribution in [0.15, 0.2) is 0 Å². The van der Waals surface area contributed by atoms with Crippen molar-refractivity contribution < 1.29 is 9.53 Å². The van der Waals surface area contributed by atoms with Gasteiger partial charge >= 0.3 is 0 Å². The minimum Gasteiger partial charge on any atom is -0.391 e. The second-order valence-electron chi connectivity index (χ2n) is 3.92. The Bertz CT molecular complexity index is 462. The summed E-state index contributed by atoms with van der Waals surface area (Å²) in [6, 6.07) is 0. The summed E-state index contributed by atoms with van der Waals surface area (Å²) in [5.41, 5.74) is 6.29. The van der Waals surface area contributed by atoms with Crippen LogP contribution in [-0.2, 0) is 11.2 Å². The smallest absolute Gasteiger partial charge is 0.267 e. The maximum absolute atomic E-state index is 12.3. The highest BCUT2D eigenvalue weighted by atomic mass is 32.1. The lowest BCUT2D eigenvalue weighted by Gasteiger charge is -2.32. The highest BCUT2D eigenvalue weighted by Crippen LogP contribution is 2.16. The Morgan fingerprint density at radius 1 is 1.72 bits per heavy atom. The molecular formula is C10H14N4O2S2. The number of nitrogens with two attached hydrogens (primary N) is 1. The molecule has 0 bridgehead atoms. The van der Waals surface area contributed by atoms with Crippen molar-refractivity contribution in [1.29, 1.82) is 0 Å².